The van der Waals surface area contributed by atoms with E-state index in [1.54, 1.807) is 6.07 Å². The second-order valence-corrected chi connectivity index (χ2v) is 7.31. The standard InChI is InChI=1S/C19H29IO4/c1-3-5-7-9-11-14-15(12-10-8-6-4-2)18(21)17(13-16(14)20)24-19(22)23/h13,21H,3-12H2,1-2H3,(H,22,23). The van der Waals surface area contributed by atoms with Gasteiger partial charge in [-0.15, -0.1) is 0 Å². The molecule has 136 valence electrons. The van der Waals surface area contributed by atoms with Crippen LogP contribution in [0.2, 0.25) is 0 Å². The van der Waals surface area contributed by atoms with Gasteiger partial charge in [0.1, 0.15) is 0 Å². The van der Waals surface area contributed by atoms with Gasteiger partial charge in [-0.3, -0.25) is 0 Å². The maximum atomic E-state index is 10.8. The van der Waals surface area contributed by atoms with Crippen molar-refractivity contribution >= 4 is 28.7 Å². The predicted molar refractivity (Wildman–Crippen MR) is 105 cm³/mol. The van der Waals surface area contributed by atoms with E-state index in [-0.39, 0.29) is 11.5 Å². The zero-order chi connectivity index (χ0) is 17.9. The fraction of sp³-hybridized carbons (Fsp3) is 0.632. The van der Waals surface area contributed by atoms with Gasteiger partial charge in [0.05, 0.1) is 0 Å². The van der Waals surface area contributed by atoms with E-state index < -0.39 is 6.16 Å². The molecule has 0 aliphatic rings. The van der Waals surface area contributed by atoms with Gasteiger partial charge in [-0.25, -0.2) is 4.79 Å². The van der Waals surface area contributed by atoms with E-state index >= 15 is 0 Å². The molecule has 0 unspecified atom stereocenters. The van der Waals surface area contributed by atoms with E-state index in [4.69, 9.17) is 9.84 Å². The molecule has 0 radical (unpaired) electrons. The average Bonchev–Trinajstić information content (AvgIpc) is 2.53. The minimum atomic E-state index is -1.39. The molecule has 24 heavy (non-hydrogen) atoms. The van der Waals surface area contributed by atoms with Gasteiger partial charge >= 0.3 is 6.16 Å². The summed E-state index contributed by atoms with van der Waals surface area (Å²) in [5.41, 5.74) is 2.02. The SMILES string of the molecule is CCCCCCc1c(I)cc(OC(=O)O)c(O)c1CCCCCC. The van der Waals surface area contributed by atoms with Crippen LogP contribution in [0.15, 0.2) is 6.07 Å². The molecule has 1 aromatic rings. The molecule has 0 amide bonds. The van der Waals surface area contributed by atoms with Crippen molar-refractivity contribution in [3.05, 3.63) is 20.8 Å². The maximum absolute atomic E-state index is 10.8. The van der Waals surface area contributed by atoms with Crippen molar-refractivity contribution in [2.75, 3.05) is 0 Å². The number of carboxylic acid groups (broad SMARTS) is 1. The van der Waals surface area contributed by atoms with Crippen molar-refractivity contribution in [3.63, 3.8) is 0 Å². The summed E-state index contributed by atoms with van der Waals surface area (Å²) in [5, 5.41) is 19.4. The molecule has 0 aromatic heterocycles. The Morgan fingerprint density at radius 1 is 1.00 bits per heavy atom. The first kappa shape index (κ1) is 21.1. The highest BCUT2D eigenvalue weighted by atomic mass is 127. The fourth-order valence-electron chi connectivity index (χ4n) is 2.87. The number of halogens is 1. The van der Waals surface area contributed by atoms with Crippen molar-refractivity contribution in [1.29, 1.82) is 0 Å². The van der Waals surface area contributed by atoms with Crippen LogP contribution in [0.4, 0.5) is 4.79 Å². The number of ether oxygens (including phenoxy) is 1. The molecule has 0 atom stereocenters. The van der Waals surface area contributed by atoms with Crippen LogP contribution in [-0.4, -0.2) is 16.4 Å². The predicted octanol–water partition coefficient (Wildman–Crippen LogP) is 6.30. The van der Waals surface area contributed by atoms with E-state index in [1.165, 1.54) is 25.7 Å². The van der Waals surface area contributed by atoms with Gasteiger partial charge in [0.15, 0.2) is 11.5 Å². The summed E-state index contributed by atoms with van der Waals surface area (Å²) in [6.07, 6.45) is 9.41. The number of hydrogen-bond acceptors (Lipinski definition) is 3. The first-order chi connectivity index (χ1) is 11.5. The van der Waals surface area contributed by atoms with Crippen molar-refractivity contribution in [2.45, 2.75) is 78.1 Å². The highest BCUT2D eigenvalue weighted by Gasteiger charge is 2.19. The Morgan fingerprint density at radius 2 is 1.54 bits per heavy atom. The highest BCUT2D eigenvalue weighted by molar-refractivity contribution is 14.1. The Kier molecular flexibility index (Phi) is 10.1. The van der Waals surface area contributed by atoms with Crippen molar-refractivity contribution in [1.82, 2.24) is 0 Å². The Hall–Kier alpha value is -0.980. The maximum Gasteiger partial charge on any atom is 0.511 e. The van der Waals surface area contributed by atoms with Crippen LogP contribution in [-0.2, 0) is 12.8 Å². The summed E-state index contributed by atoms with van der Waals surface area (Å²) >= 11 is 2.22. The first-order valence-electron chi connectivity index (χ1n) is 8.95. The Bertz CT molecular complexity index is 529. The fourth-order valence-corrected chi connectivity index (χ4v) is 3.75. The molecule has 0 bridgehead atoms. The molecule has 5 heteroatoms. The Labute approximate surface area is 158 Å². The minimum absolute atomic E-state index is 0.000180. The van der Waals surface area contributed by atoms with Gasteiger partial charge in [-0.2, -0.15) is 0 Å². The van der Waals surface area contributed by atoms with Gasteiger partial charge < -0.3 is 14.9 Å². The zero-order valence-corrected chi connectivity index (χ0v) is 16.9. The quantitative estimate of drug-likeness (QED) is 0.181. The summed E-state index contributed by atoms with van der Waals surface area (Å²) in [6.45, 7) is 4.35. The van der Waals surface area contributed by atoms with Gasteiger partial charge in [0, 0.05) is 9.13 Å². The lowest BCUT2D eigenvalue weighted by atomic mass is 9.95. The zero-order valence-electron chi connectivity index (χ0n) is 14.7. The Morgan fingerprint density at radius 3 is 2.04 bits per heavy atom. The number of benzene rings is 1. The third-order valence-corrected chi connectivity index (χ3v) is 5.15. The first-order valence-corrected chi connectivity index (χ1v) is 10.0. The summed E-state index contributed by atoms with van der Waals surface area (Å²) < 4.78 is 5.73. The van der Waals surface area contributed by atoms with E-state index in [1.807, 2.05) is 0 Å². The summed E-state index contributed by atoms with van der Waals surface area (Å²) in [5.74, 6) is 0.0505. The summed E-state index contributed by atoms with van der Waals surface area (Å²) in [6, 6.07) is 1.63. The molecule has 1 aromatic carbocycles. The molecule has 0 heterocycles. The van der Waals surface area contributed by atoms with E-state index in [2.05, 4.69) is 36.4 Å². The molecular weight excluding hydrogens is 419 g/mol. The third kappa shape index (κ3) is 6.87. The number of carbonyl (C=O) groups is 1. The number of unbranched alkanes of at least 4 members (excludes halogenated alkanes) is 6. The highest BCUT2D eigenvalue weighted by Crippen LogP contribution is 2.38. The molecule has 0 spiro atoms. The number of phenolic OH excluding ortho intramolecular Hbond substituents is 1. The lowest BCUT2D eigenvalue weighted by Crippen LogP contribution is -2.07. The number of aromatic hydroxyl groups is 1. The van der Waals surface area contributed by atoms with Crippen LogP contribution in [0.1, 0.15) is 76.3 Å². The van der Waals surface area contributed by atoms with Crippen LogP contribution in [0.3, 0.4) is 0 Å². The van der Waals surface area contributed by atoms with Crippen molar-refractivity contribution < 1.29 is 19.7 Å². The van der Waals surface area contributed by atoms with Crippen LogP contribution in [0.25, 0.3) is 0 Å². The molecule has 4 nitrogen and oxygen atoms in total. The van der Waals surface area contributed by atoms with E-state index in [0.717, 1.165) is 53.2 Å². The molecular formula is C19H29IO4. The van der Waals surface area contributed by atoms with Gasteiger partial charge in [0.25, 0.3) is 0 Å². The molecule has 0 fully saturated rings. The monoisotopic (exact) mass is 448 g/mol. The lowest BCUT2D eigenvalue weighted by molar-refractivity contribution is 0.142. The Balaban J connectivity index is 2.99. The minimum Gasteiger partial charge on any atom is -0.504 e. The molecule has 2 N–H and O–H groups in total. The van der Waals surface area contributed by atoms with Crippen molar-refractivity contribution in [3.8, 4) is 11.5 Å². The number of hydrogen-bond donors (Lipinski definition) is 2. The van der Waals surface area contributed by atoms with Crippen LogP contribution in [0, 0.1) is 3.57 Å². The second kappa shape index (κ2) is 11.6. The smallest absolute Gasteiger partial charge is 0.504 e. The van der Waals surface area contributed by atoms with E-state index in [0.29, 0.717) is 0 Å². The second-order valence-electron chi connectivity index (χ2n) is 6.15. The lowest BCUT2D eigenvalue weighted by Gasteiger charge is -2.16. The molecule has 0 aliphatic heterocycles. The largest absolute Gasteiger partial charge is 0.511 e. The molecule has 0 saturated carbocycles. The molecule has 0 aliphatic carbocycles. The van der Waals surface area contributed by atoms with Gasteiger partial charge in [-0.05, 0) is 59.9 Å². The van der Waals surface area contributed by atoms with Crippen molar-refractivity contribution in [2.24, 2.45) is 0 Å². The van der Waals surface area contributed by atoms with Gasteiger partial charge in [-0.1, -0.05) is 52.4 Å². The molecule has 0 saturated heterocycles. The topological polar surface area (TPSA) is 66.8 Å². The van der Waals surface area contributed by atoms with Crippen LogP contribution >= 0.6 is 22.6 Å². The average molecular weight is 448 g/mol. The van der Waals surface area contributed by atoms with E-state index in [9.17, 15) is 9.90 Å². The number of rotatable bonds is 11. The third-order valence-electron chi connectivity index (χ3n) is 4.19. The number of phenols is 1. The van der Waals surface area contributed by atoms with Crippen LogP contribution in [0.5, 0.6) is 11.5 Å². The molecule has 1 rings (SSSR count). The van der Waals surface area contributed by atoms with Crippen LogP contribution < -0.4 is 4.74 Å². The summed E-state index contributed by atoms with van der Waals surface area (Å²) in [7, 11) is 0. The van der Waals surface area contributed by atoms with Gasteiger partial charge in [0.2, 0.25) is 0 Å². The normalized spacial score (nSPS) is 10.8. The summed E-state index contributed by atoms with van der Waals surface area (Å²) in [4.78, 5) is 10.8.